The van der Waals surface area contributed by atoms with Crippen LogP contribution in [-0.4, -0.2) is 63.7 Å². The maximum Gasteiger partial charge on any atom is 0.475 e. The lowest BCUT2D eigenvalue weighted by atomic mass is 9.98. The van der Waals surface area contributed by atoms with Crippen molar-refractivity contribution in [2.45, 2.75) is 121 Å². The van der Waals surface area contributed by atoms with E-state index >= 15 is 4.57 Å². The second-order valence-electron chi connectivity index (χ2n) is 16.9. The van der Waals surface area contributed by atoms with E-state index in [0.717, 1.165) is 22.0 Å². The van der Waals surface area contributed by atoms with Crippen molar-refractivity contribution in [1.82, 2.24) is 9.55 Å². The van der Waals surface area contributed by atoms with Crippen LogP contribution in [0.15, 0.2) is 116 Å². The number of benzene rings is 3. The maximum absolute atomic E-state index is 15.5. The van der Waals surface area contributed by atoms with Crippen LogP contribution in [0, 0.1) is 0 Å². The summed E-state index contributed by atoms with van der Waals surface area (Å²) < 4.78 is 72.8. The Morgan fingerprint density at radius 2 is 1.33 bits per heavy atom. The molecule has 0 radical (unpaired) electrons. The van der Waals surface area contributed by atoms with Crippen LogP contribution in [0.4, 0.5) is 0 Å². The van der Waals surface area contributed by atoms with Crippen molar-refractivity contribution in [2.24, 2.45) is 0 Å². The minimum atomic E-state index is -4.55. The number of rotatable bonds is 15. The zero-order chi connectivity index (χ0) is 42.7. The molecule has 2 aromatic heterocycles. The SMILES string of the molecule is CC(C)[Si]1(C(C)C)OC[C@H]2O[C@@H](n3ccc4ccccc43)[C@H](OC(=O)c3ccc[nH]3)[C@@H](OP(=O)(OCc3ccccc3)OCc3ccccc3)[C@@H]2O[Si](C(C)C)(C(C)C)O1. The Morgan fingerprint density at radius 1 is 0.750 bits per heavy atom. The van der Waals surface area contributed by atoms with Crippen LogP contribution >= 0.6 is 7.82 Å². The molecule has 0 aliphatic carbocycles. The molecule has 0 spiro atoms. The smallest absolute Gasteiger partial charge is 0.450 e. The zero-order valence-electron chi connectivity index (χ0n) is 35.8. The standard InChI is InChI=1S/C45H59N2O10PSi2/c1-31(2)59(32(3)4)52-30-40-41(56-60(57-59,33(5)6)34(7)8)42(55-58(49,50-28-35-18-11-9-12-19-35)51-29-36-20-13-10-14-21-36)43(54-45(48)38-23-17-26-46-38)44(53-40)47-27-25-37-22-15-16-24-39(37)47/h9-27,31-34,40-44,46H,28-30H2,1-8H3/t40-,41-,42+,43-,44-/m1/s1. The third kappa shape index (κ3) is 9.24. The van der Waals surface area contributed by atoms with E-state index in [9.17, 15) is 4.79 Å². The number of fused-ring (bicyclic) bond motifs is 2. The third-order valence-corrected chi connectivity index (χ3v) is 23.3. The minimum Gasteiger partial charge on any atom is -0.450 e. The highest BCUT2D eigenvalue weighted by Gasteiger charge is 2.63. The number of esters is 1. The Hall–Kier alpha value is -3.67. The molecule has 1 N–H and O–H groups in total. The molecule has 0 unspecified atom stereocenters. The highest BCUT2D eigenvalue weighted by molar-refractivity contribution is 7.48. The van der Waals surface area contributed by atoms with Crippen molar-refractivity contribution in [3.63, 3.8) is 0 Å². The Bertz CT molecular complexity index is 2140. The summed E-state index contributed by atoms with van der Waals surface area (Å²) in [5, 5.41) is 0.953. The van der Waals surface area contributed by atoms with Crippen molar-refractivity contribution < 1.29 is 45.4 Å². The van der Waals surface area contributed by atoms with E-state index in [-0.39, 0.29) is 47.7 Å². The fourth-order valence-corrected chi connectivity index (χ4v) is 21.0. The second kappa shape index (κ2) is 18.8. The number of aromatic nitrogens is 2. The van der Waals surface area contributed by atoms with E-state index in [1.807, 2.05) is 102 Å². The molecule has 7 rings (SSSR count). The van der Waals surface area contributed by atoms with Crippen LogP contribution in [-0.2, 0) is 53.8 Å². The van der Waals surface area contributed by atoms with E-state index in [1.165, 1.54) is 0 Å². The second-order valence-corrected chi connectivity index (χ2v) is 27.4. The molecule has 0 amide bonds. The third-order valence-electron chi connectivity index (χ3n) is 11.6. The van der Waals surface area contributed by atoms with Gasteiger partial charge < -0.3 is 32.0 Å². The van der Waals surface area contributed by atoms with Gasteiger partial charge in [-0.15, -0.1) is 0 Å². The highest BCUT2D eigenvalue weighted by Crippen LogP contribution is 2.56. The van der Waals surface area contributed by atoms with Gasteiger partial charge in [-0.1, -0.05) is 134 Å². The van der Waals surface area contributed by atoms with Crippen LogP contribution in [0.5, 0.6) is 0 Å². The van der Waals surface area contributed by atoms with Gasteiger partial charge in [0.15, 0.2) is 12.3 Å². The van der Waals surface area contributed by atoms with Gasteiger partial charge in [-0.3, -0.25) is 13.6 Å². The predicted molar refractivity (Wildman–Crippen MR) is 235 cm³/mol. The summed E-state index contributed by atoms with van der Waals surface area (Å²) >= 11 is 0. The first-order valence-corrected chi connectivity index (χ1v) is 26.4. The number of phosphoric acid groups is 1. The Labute approximate surface area is 355 Å². The van der Waals surface area contributed by atoms with Crippen LogP contribution in [0.2, 0.25) is 22.2 Å². The molecule has 12 nitrogen and oxygen atoms in total. The number of hydrogen-bond donors (Lipinski definition) is 1. The predicted octanol–water partition coefficient (Wildman–Crippen LogP) is 11.0. The number of hydrogen-bond acceptors (Lipinski definition) is 10. The van der Waals surface area contributed by atoms with E-state index in [2.05, 4.69) is 60.4 Å². The molecular weight excluding hydrogens is 816 g/mol. The molecule has 5 aromatic rings. The lowest BCUT2D eigenvalue weighted by molar-refractivity contribution is -0.248. The summed E-state index contributed by atoms with van der Waals surface area (Å²) in [4.78, 5) is 17.1. The first kappa shape index (κ1) is 44.4. The lowest BCUT2D eigenvalue weighted by Gasteiger charge is -2.55. The maximum atomic E-state index is 15.5. The van der Waals surface area contributed by atoms with Crippen LogP contribution in [0.25, 0.3) is 10.9 Å². The summed E-state index contributed by atoms with van der Waals surface area (Å²) in [5.41, 5.74) is 2.61. The summed E-state index contributed by atoms with van der Waals surface area (Å²) in [7, 11) is -10.9. The van der Waals surface area contributed by atoms with Gasteiger partial charge in [0, 0.05) is 12.4 Å². The van der Waals surface area contributed by atoms with Crippen LogP contribution in [0.1, 0.15) is 83.2 Å². The largest absolute Gasteiger partial charge is 0.475 e. The molecule has 322 valence electrons. The van der Waals surface area contributed by atoms with Gasteiger partial charge in [0.05, 0.1) is 25.3 Å². The number of para-hydroxylation sites is 1. The molecule has 5 atom stereocenters. The first-order chi connectivity index (χ1) is 28.7. The average molecular weight is 875 g/mol. The molecule has 0 bridgehead atoms. The Kier molecular flexibility index (Phi) is 13.9. The van der Waals surface area contributed by atoms with E-state index in [0.29, 0.717) is 0 Å². The fraction of sp³-hybridized carbons (Fsp3) is 0.444. The molecule has 2 fully saturated rings. The van der Waals surface area contributed by atoms with Crippen LogP contribution in [0.3, 0.4) is 0 Å². The molecule has 2 saturated heterocycles. The number of aromatic amines is 1. The zero-order valence-corrected chi connectivity index (χ0v) is 38.7. The van der Waals surface area contributed by atoms with Gasteiger partial charge in [-0.2, -0.15) is 0 Å². The van der Waals surface area contributed by atoms with E-state index in [1.54, 1.807) is 18.3 Å². The molecule has 3 aromatic carbocycles. The number of nitrogens with zero attached hydrogens (tertiary/aromatic N) is 1. The number of carbonyl (C=O) groups excluding carboxylic acids is 1. The van der Waals surface area contributed by atoms with Gasteiger partial charge in [0.2, 0.25) is 0 Å². The van der Waals surface area contributed by atoms with Gasteiger partial charge in [0.1, 0.15) is 24.0 Å². The Balaban J connectivity index is 1.41. The summed E-state index contributed by atoms with van der Waals surface area (Å²) in [5.74, 6) is -0.659. The van der Waals surface area contributed by atoms with E-state index < -0.39 is 61.6 Å². The highest BCUT2D eigenvalue weighted by atomic mass is 31.2. The topological polar surface area (TPSA) is 129 Å². The quantitative estimate of drug-likeness (QED) is 0.0616. The molecule has 15 heteroatoms. The van der Waals surface area contributed by atoms with Crippen molar-refractivity contribution in [1.29, 1.82) is 0 Å². The monoisotopic (exact) mass is 874 g/mol. The molecule has 60 heavy (non-hydrogen) atoms. The average Bonchev–Trinajstić information content (AvgIpc) is 3.93. The number of nitrogens with one attached hydrogen (secondary N) is 1. The Morgan fingerprint density at radius 3 is 1.90 bits per heavy atom. The van der Waals surface area contributed by atoms with Crippen molar-refractivity contribution in [3.8, 4) is 0 Å². The number of phosphoric ester groups is 1. The van der Waals surface area contributed by atoms with E-state index in [4.69, 9.17) is 36.0 Å². The summed E-state index contributed by atoms with van der Waals surface area (Å²) in [6.45, 7) is 17.1. The minimum absolute atomic E-state index is 0.0635. The van der Waals surface area contributed by atoms with Gasteiger partial charge in [-0.05, 0) is 62.9 Å². The van der Waals surface area contributed by atoms with Gasteiger partial charge >= 0.3 is 30.9 Å². The molecular formula is C45H59N2O10PSi2. The number of H-pyrrole nitrogens is 1. The molecule has 4 heterocycles. The fourth-order valence-electron chi connectivity index (χ4n) is 8.45. The normalized spacial score (nSPS) is 23.2. The summed E-state index contributed by atoms with van der Waals surface area (Å²) in [6, 6.07) is 32.0. The lowest BCUT2D eigenvalue weighted by Crippen LogP contribution is -2.70. The molecule has 2 aliphatic rings. The van der Waals surface area contributed by atoms with Gasteiger partial charge in [-0.25, -0.2) is 9.36 Å². The van der Waals surface area contributed by atoms with Crippen molar-refractivity contribution in [3.05, 3.63) is 132 Å². The first-order valence-electron chi connectivity index (χ1n) is 21.0. The van der Waals surface area contributed by atoms with Crippen molar-refractivity contribution >= 4 is 41.8 Å². The number of ether oxygens (including phenoxy) is 2. The molecule has 0 saturated carbocycles. The molecule has 2 aliphatic heterocycles. The van der Waals surface area contributed by atoms with Gasteiger partial charge in [0.25, 0.3) is 0 Å². The number of carbonyl (C=O) groups is 1. The van der Waals surface area contributed by atoms with Crippen LogP contribution < -0.4 is 0 Å². The summed E-state index contributed by atoms with van der Waals surface area (Å²) in [6.07, 6.45) is -1.80. The van der Waals surface area contributed by atoms with Crippen molar-refractivity contribution in [2.75, 3.05) is 6.61 Å².